The van der Waals surface area contributed by atoms with Crippen LogP contribution in [0.3, 0.4) is 0 Å². The minimum absolute atomic E-state index is 0.293. The van der Waals surface area contributed by atoms with Gasteiger partial charge >= 0.3 is 0 Å². The van der Waals surface area contributed by atoms with Crippen LogP contribution in [0.4, 0.5) is 5.69 Å². The molecule has 21 heavy (non-hydrogen) atoms. The molecule has 2 aromatic carbocycles. The minimum atomic E-state index is -0.886. The van der Waals surface area contributed by atoms with E-state index in [1.165, 1.54) is 0 Å². The highest BCUT2D eigenvalue weighted by Crippen LogP contribution is 2.22. The van der Waals surface area contributed by atoms with Crippen molar-refractivity contribution >= 4 is 17.3 Å². The van der Waals surface area contributed by atoms with Crippen molar-refractivity contribution in [2.24, 2.45) is 10.7 Å². The van der Waals surface area contributed by atoms with Crippen LogP contribution >= 0.6 is 0 Å². The lowest BCUT2D eigenvalue weighted by Gasteiger charge is -2.09. The number of para-hydroxylation sites is 1. The lowest BCUT2D eigenvalue weighted by molar-refractivity contribution is -0.117. The van der Waals surface area contributed by atoms with E-state index in [-0.39, 0.29) is 5.91 Å². The molecule has 1 aliphatic heterocycles. The molecule has 1 atom stereocenters. The number of hydrogen-bond acceptors (Lipinski definition) is 3. The fourth-order valence-electron chi connectivity index (χ4n) is 2.10. The predicted octanol–water partition coefficient (Wildman–Crippen LogP) is 2.79. The third-order valence-corrected chi connectivity index (χ3v) is 3.02. The standard InChI is InChI=1S/C15H13N3O.C2H6/c16-14-15(19)17-12-9-5-4-8-11(12)13(18-14)10-6-2-1-3-7-10;1-2/h1-9,14H,16H2,(H,17,19);1-2H3. The second-order valence-electron chi connectivity index (χ2n) is 4.32. The van der Waals surface area contributed by atoms with E-state index in [0.717, 1.165) is 22.5 Å². The molecule has 0 fully saturated rings. The van der Waals surface area contributed by atoms with Crippen molar-refractivity contribution in [1.29, 1.82) is 0 Å². The number of rotatable bonds is 1. The maximum atomic E-state index is 11.8. The third-order valence-electron chi connectivity index (χ3n) is 3.02. The van der Waals surface area contributed by atoms with Gasteiger partial charge in [-0.2, -0.15) is 0 Å². The van der Waals surface area contributed by atoms with Crippen molar-refractivity contribution in [3.63, 3.8) is 0 Å². The number of hydrogen-bond donors (Lipinski definition) is 2. The van der Waals surface area contributed by atoms with Gasteiger partial charge in [0.2, 0.25) is 0 Å². The van der Waals surface area contributed by atoms with Crippen LogP contribution in [-0.2, 0) is 4.79 Å². The number of benzodiazepines with no additional fused rings is 1. The molecule has 1 amide bonds. The molecule has 0 saturated heterocycles. The van der Waals surface area contributed by atoms with E-state index in [0.29, 0.717) is 0 Å². The number of nitrogens with two attached hydrogens (primary N) is 1. The summed E-state index contributed by atoms with van der Waals surface area (Å²) in [6, 6.07) is 17.3. The monoisotopic (exact) mass is 281 g/mol. The Hall–Kier alpha value is -2.46. The summed E-state index contributed by atoms with van der Waals surface area (Å²) in [5.41, 5.74) is 9.09. The van der Waals surface area contributed by atoms with Crippen LogP contribution in [0.5, 0.6) is 0 Å². The molecule has 3 rings (SSSR count). The summed E-state index contributed by atoms with van der Waals surface area (Å²) in [6.45, 7) is 4.00. The number of aliphatic imine (C=N–C) groups is 1. The summed E-state index contributed by atoms with van der Waals surface area (Å²) in [6.07, 6.45) is -0.886. The van der Waals surface area contributed by atoms with Gasteiger partial charge in [0.25, 0.3) is 5.91 Å². The van der Waals surface area contributed by atoms with E-state index in [9.17, 15) is 4.79 Å². The van der Waals surface area contributed by atoms with Gasteiger partial charge in [0, 0.05) is 11.1 Å². The van der Waals surface area contributed by atoms with Crippen molar-refractivity contribution in [1.82, 2.24) is 0 Å². The SMILES string of the molecule is CC.NC1N=C(c2ccccc2)c2ccccc2NC1=O. The lowest BCUT2D eigenvalue weighted by atomic mass is 10.0. The molecule has 0 aliphatic carbocycles. The summed E-state index contributed by atoms with van der Waals surface area (Å²) >= 11 is 0. The van der Waals surface area contributed by atoms with E-state index < -0.39 is 6.17 Å². The Morgan fingerprint density at radius 2 is 1.62 bits per heavy atom. The van der Waals surface area contributed by atoms with Crippen molar-refractivity contribution in [3.05, 3.63) is 65.7 Å². The molecule has 3 N–H and O–H groups in total. The summed E-state index contributed by atoms with van der Waals surface area (Å²) in [5, 5.41) is 2.79. The maximum Gasteiger partial charge on any atom is 0.263 e. The molecule has 0 radical (unpaired) electrons. The van der Waals surface area contributed by atoms with Crippen LogP contribution in [0.1, 0.15) is 25.0 Å². The van der Waals surface area contributed by atoms with Crippen molar-refractivity contribution < 1.29 is 4.79 Å². The van der Waals surface area contributed by atoms with E-state index in [1.807, 2.05) is 68.4 Å². The van der Waals surface area contributed by atoms with Crippen LogP contribution in [0.25, 0.3) is 0 Å². The smallest absolute Gasteiger partial charge is 0.263 e. The van der Waals surface area contributed by atoms with Gasteiger partial charge in [-0.05, 0) is 6.07 Å². The molecule has 1 aliphatic rings. The number of carbonyl (C=O) groups is 1. The van der Waals surface area contributed by atoms with Crippen LogP contribution in [0.2, 0.25) is 0 Å². The molecule has 0 bridgehead atoms. The molecule has 0 saturated carbocycles. The Balaban J connectivity index is 0.000000774. The van der Waals surface area contributed by atoms with E-state index >= 15 is 0 Å². The van der Waals surface area contributed by atoms with Gasteiger partial charge in [0.1, 0.15) is 0 Å². The highest BCUT2D eigenvalue weighted by atomic mass is 16.2. The topological polar surface area (TPSA) is 67.5 Å². The summed E-state index contributed by atoms with van der Waals surface area (Å²) < 4.78 is 0. The Kier molecular flexibility index (Phi) is 4.85. The van der Waals surface area contributed by atoms with Gasteiger partial charge in [-0.1, -0.05) is 62.4 Å². The largest absolute Gasteiger partial charge is 0.322 e. The van der Waals surface area contributed by atoms with Gasteiger partial charge in [-0.15, -0.1) is 0 Å². The Morgan fingerprint density at radius 1 is 1.00 bits per heavy atom. The highest BCUT2D eigenvalue weighted by Gasteiger charge is 2.22. The molecule has 108 valence electrons. The average molecular weight is 281 g/mol. The first kappa shape index (κ1) is 14.9. The minimum Gasteiger partial charge on any atom is -0.322 e. The molecule has 1 heterocycles. The first-order chi connectivity index (χ1) is 10.3. The molecule has 0 aromatic heterocycles. The molecular formula is C17H19N3O. The van der Waals surface area contributed by atoms with Gasteiger partial charge < -0.3 is 11.1 Å². The molecule has 2 aromatic rings. The fourth-order valence-corrected chi connectivity index (χ4v) is 2.10. The predicted molar refractivity (Wildman–Crippen MR) is 86.5 cm³/mol. The average Bonchev–Trinajstić information content (AvgIpc) is 2.67. The zero-order valence-corrected chi connectivity index (χ0v) is 12.2. The van der Waals surface area contributed by atoms with Crippen molar-refractivity contribution in [2.45, 2.75) is 20.0 Å². The van der Waals surface area contributed by atoms with Gasteiger partial charge in [-0.3, -0.25) is 9.79 Å². The summed E-state index contributed by atoms with van der Waals surface area (Å²) in [5.74, 6) is -0.293. The Morgan fingerprint density at radius 3 is 2.33 bits per heavy atom. The summed E-state index contributed by atoms with van der Waals surface area (Å²) in [4.78, 5) is 16.2. The second-order valence-corrected chi connectivity index (χ2v) is 4.32. The molecule has 0 spiro atoms. The normalized spacial score (nSPS) is 16.6. The maximum absolute atomic E-state index is 11.8. The molecule has 1 unspecified atom stereocenters. The second kappa shape index (κ2) is 6.81. The zero-order valence-electron chi connectivity index (χ0n) is 12.2. The number of anilines is 1. The first-order valence-electron chi connectivity index (χ1n) is 7.05. The number of amides is 1. The Bertz CT molecular complexity index is 650. The number of fused-ring (bicyclic) bond motifs is 1. The quantitative estimate of drug-likeness (QED) is 0.844. The van der Waals surface area contributed by atoms with Gasteiger partial charge in [0.05, 0.1) is 11.4 Å². The third kappa shape index (κ3) is 3.17. The van der Waals surface area contributed by atoms with Crippen LogP contribution in [0, 0.1) is 0 Å². The molecule has 4 nitrogen and oxygen atoms in total. The Labute approximate surface area is 124 Å². The van der Waals surface area contributed by atoms with Gasteiger partial charge in [-0.25, -0.2) is 0 Å². The lowest BCUT2D eigenvalue weighted by Crippen LogP contribution is -2.33. The highest BCUT2D eigenvalue weighted by molar-refractivity contribution is 6.19. The summed E-state index contributed by atoms with van der Waals surface area (Å²) in [7, 11) is 0. The van der Waals surface area contributed by atoms with Crippen LogP contribution in [0.15, 0.2) is 59.6 Å². The fraction of sp³-hybridized carbons (Fsp3) is 0.176. The van der Waals surface area contributed by atoms with E-state index in [1.54, 1.807) is 0 Å². The molecule has 4 heteroatoms. The van der Waals surface area contributed by atoms with Crippen molar-refractivity contribution in [3.8, 4) is 0 Å². The molecular weight excluding hydrogens is 262 g/mol. The zero-order chi connectivity index (χ0) is 15.2. The van der Waals surface area contributed by atoms with Crippen LogP contribution in [-0.4, -0.2) is 17.8 Å². The van der Waals surface area contributed by atoms with Crippen LogP contribution < -0.4 is 11.1 Å². The number of nitrogens with one attached hydrogen (secondary N) is 1. The van der Waals surface area contributed by atoms with Gasteiger partial charge in [0.15, 0.2) is 6.17 Å². The first-order valence-corrected chi connectivity index (χ1v) is 7.05. The number of nitrogens with zero attached hydrogens (tertiary/aromatic N) is 1. The van der Waals surface area contributed by atoms with Crippen molar-refractivity contribution in [2.75, 3.05) is 5.32 Å². The van der Waals surface area contributed by atoms with E-state index in [2.05, 4.69) is 10.3 Å². The number of benzene rings is 2. The van der Waals surface area contributed by atoms with E-state index in [4.69, 9.17) is 5.73 Å². The number of carbonyl (C=O) groups excluding carboxylic acids is 1.